The van der Waals surface area contributed by atoms with E-state index in [2.05, 4.69) is 42.8 Å². The summed E-state index contributed by atoms with van der Waals surface area (Å²) in [5.74, 6) is 0. The van der Waals surface area contributed by atoms with E-state index in [9.17, 15) is 0 Å². The van der Waals surface area contributed by atoms with E-state index in [-0.39, 0.29) is 0 Å². The predicted octanol–water partition coefficient (Wildman–Crippen LogP) is 2.66. The largest absolute Gasteiger partial charge is 0.185 e. The van der Waals surface area contributed by atoms with Gasteiger partial charge in [0.05, 0.1) is 0 Å². The van der Waals surface area contributed by atoms with E-state index in [1.807, 2.05) is 0 Å². The Balaban J connectivity index is 2.54. The minimum atomic E-state index is 1.08. The number of fused-ring (bicyclic) bond motifs is 1. The Labute approximate surface area is 61.2 Å². The Morgan fingerprint density at radius 3 is 3.00 bits per heavy atom. The lowest BCUT2D eigenvalue weighted by Gasteiger charge is -2.17. The first-order chi connectivity index (χ1) is 4.97. The van der Waals surface area contributed by atoms with Crippen LogP contribution in [0.4, 0.5) is 0 Å². The zero-order valence-electron chi connectivity index (χ0n) is 5.75. The summed E-state index contributed by atoms with van der Waals surface area (Å²) >= 11 is 0. The second-order valence-corrected chi connectivity index (χ2v) is 2.47. The first kappa shape index (κ1) is 5.60. The van der Waals surface area contributed by atoms with E-state index in [0.717, 1.165) is 6.42 Å². The maximum atomic E-state index is 2.25. The van der Waals surface area contributed by atoms with Crippen molar-refractivity contribution in [2.75, 3.05) is 0 Å². The molecule has 50 valence electrons. The normalized spacial score (nSPS) is 14.0. The molecular formula is C10H9-. The first-order valence-corrected chi connectivity index (χ1v) is 3.55. The molecule has 2 rings (SSSR count). The molecule has 0 radical (unpaired) electrons. The van der Waals surface area contributed by atoms with Crippen LogP contribution in [0.3, 0.4) is 0 Å². The molecule has 0 N–H and O–H groups in total. The maximum Gasteiger partial charge on any atom is -0.0623 e. The van der Waals surface area contributed by atoms with Gasteiger partial charge in [-0.2, -0.15) is 18.1 Å². The minimum Gasteiger partial charge on any atom is -0.185 e. The standard InChI is InChI=1S/C10H9/c1-2-6-10-8-4-3-7-9(10)5-1/h1-3,5-8H,4H2/q-1. The van der Waals surface area contributed by atoms with Gasteiger partial charge in [-0.05, 0) is 0 Å². The molecule has 0 aliphatic heterocycles. The van der Waals surface area contributed by atoms with Gasteiger partial charge in [0.1, 0.15) is 0 Å². The minimum absolute atomic E-state index is 1.08. The molecule has 1 aliphatic carbocycles. The summed E-state index contributed by atoms with van der Waals surface area (Å²) in [5.41, 5.74) is 2.71. The van der Waals surface area contributed by atoms with Gasteiger partial charge in [0.15, 0.2) is 0 Å². The Morgan fingerprint density at radius 1 is 1.20 bits per heavy atom. The highest BCUT2D eigenvalue weighted by molar-refractivity contribution is 5.58. The first-order valence-electron chi connectivity index (χ1n) is 3.55. The summed E-state index contributed by atoms with van der Waals surface area (Å²) in [6.45, 7) is 0. The van der Waals surface area contributed by atoms with Gasteiger partial charge in [-0.15, -0.1) is 29.8 Å². The Bertz CT molecular complexity index is 258. The van der Waals surface area contributed by atoms with Crippen molar-refractivity contribution in [2.24, 2.45) is 0 Å². The van der Waals surface area contributed by atoms with Gasteiger partial charge in [0, 0.05) is 0 Å². The van der Waals surface area contributed by atoms with Gasteiger partial charge in [-0.25, -0.2) is 0 Å². The lowest BCUT2D eigenvalue weighted by Crippen LogP contribution is -1.89. The topological polar surface area (TPSA) is 0 Å². The average molecular weight is 129 g/mol. The van der Waals surface area contributed by atoms with Crippen LogP contribution in [0.5, 0.6) is 0 Å². The van der Waals surface area contributed by atoms with Gasteiger partial charge in [0.25, 0.3) is 0 Å². The summed E-state index contributed by atoms with van der Waals surface area (Å²) in [4.78, 5) is 0. The highest BCUT2D eigenvalue weighted by Gasteiger charge is 1.90. The molecule has 0 nitrogen and oxygen atoms in total. The third kappa shape index (κ3) is 0.820. The summed E-state index contributed by atoms with van der Waals surface area (Å²) in [7, 11) is 0. The second kappa shape index (κ2) is 2.22. The highest BCUT2D eigenvalue weighted by Crippen LogP contribution is 2.19. The number of benzene rings is 1. The summed E-state index contributed by atoms with van der Waals surface area (Å²) in [6.07, 6.45) is 7.68. The molecule has 10 heavy (non-hydrogen) atoms. The summed E-state index contributed by atoms with van der Waals surface area (Å²) < 4.78 is 0. The van der Waals surface area contributed by atoms with E-state index in [1.165, 1.54) is 11.1 Å². The second-order valence-electron chi connectivity index (χ2n) is 2.47. The quantitative estimate of drug-likeness (QED) is 0.472. The fourth-order valence-electron chi connectivity index (χ4n) is 1.24. The van der Waals surface area contributed by atoms with Crippen molar-refractivity contribution in [3.05, 3.63) is 47.9 Å². The third-order valence-electron chi connectivity index (χ3n) is 1.77. The Morgan fingerprint density at radius 2 is 2.10 bits per heavy atom. The molecule has 0 saturated heterocycles. The fourth-order valence-corrected chi connectivity index (χ4v) is 1.24. The average Bonchev–Trinajstić information content (AvgIpc) is 2.05. The molecule has 1 aromatic rings. The van der Waals surface area contributed by atoms with Crippen molar-refractivity contribution < 1.29 is 0 Å². The molecule has 0 heteroatoms. The van der Waals surface area contributed by atoms with Crippen molar-refractivity contribution in [3.8, 4) is 0 Å². The molecule has 1 aliphatic rings. The van der Waals surface area contributed by atoms with Gasteiger partial charge >= 0.3 is 0 Å². The van der Waals surface area contributed by atoms with Crippen LogP contribution in [-0.4, -0.2) is 0 Å². The molecule has 0 fully saturated rings. The third-order valence-corrected chi connectivity index (χ3v) is 1.77. The van der Waals surface area contributed by atoms with Crippen molar-refractivity contribution in [2.45, 2.75) is 6.42 Å². The van der Waals surface area contributed by atoms with Crippen LogP contribution in [0, 0.1) is 6.42 Å². The molecule has 1 aromatic carbocycles. The Hall–Kier alpha value is -1.17. The number of allylic oxidation sites excluding steroid dienone is 1. The van der Waals surface area contributed by atoms with Gasteiger partial charge in [0.2, 0.25) is 0 Å². The zero-order chi connectivity index (χ0) is 6.81. The van der Waals surface area contributed by atoms with Crippen molar-refractivity contribution in [1.29, 1.82) is 0 Å². The summed E-state index contributed by atoms with van der Waals surface area (Å²) in [5, 5.41) is 0. The van der Waals surface area contributed by atoms with E-state index < -0.39 is 0 Å². The molecule has 0 aromatic heterocycles. The van der Waals surface area contributed by atoms with Crippen molar-refractivity contribution in [3.63, 3.8) is 0 Å². The lowest BCUT2D eigenvalue weighted by atomic mass is 9.98. The molecule has 0 atom stereocenters. The van der Waals surface area contributed by atoms with Crippen LogP contribution in [0.2, 0.25) is 0 Å². The fraction of sp³-hybridized carbons (Fsp3) is 0.100. The smallest absolute Gasteiger partial charge is 0.0623 e. The van der Waals surface area contributed by atoms with Gasteiger partial charge < -0.3 is 0 Å². The summed E-state index contributed by atoms with van der Waals surface area (Å²) in [6, 6.07) is 8.44. The van der Waals surface area contributed by atoms with Crippen LogP contribution in [-0.2, 0) is 0 Å². The molecule has 0 spiro atoms. The van der Waals surface area contributed by atoms with E-state index in [0.29, 0.717) is 0 Å². The molecular weight excluding hydrogens is 120 g/mol. The van der Waals surface area contributed by atoms with Crippen LogP contribution in [0.25, 0.3) is 6.08 Å². The van der Waals surface area contributed by atoms with Crippen LogP contribution in [0.15, 0.2) is 30.3 Å². The molecule has 0 amide bonds. The van der Waals surface area contributed by atoms with Crippen molar-refractivity contribution in [1.82, 2.24) is 0 Å². The number of hydrogen-bond acceptors (Lipinski definition) is 0. The van der Waals surface area contributed by atoms with Crippen LogP contribution in [0.1, 0.15) is 17.5 Å². The predicted molar refractivity (Wildman–Crippen MR) is 43.5 cm³/mol. The van der Waals surface area contributed by atoms with E-state index in [4.69, 9.17) is 0 Å². The molecule has 0 unspecified atom stereocenters. The van der Waals surface area contributed by atoms with Crippen LogP contribution < -0.4 is 0 Å². The maximum absolute atomic E-state index is 2.25. The van der Waals surface area contributed by atoms with Crippen molar-refractivity contribution >= 4 is 6.08 Å². The Kier molecular flexibility index (Phi) is 1.24. The van der Waals surface area contributed by atoms with E-state index >= 15 is 0 Å². The molecule has 0 heterocycles. The molecule has 0 bridgehead atoms. The number of hydrogen-bond donors (Lipinski definition) is 0. The van der Waals surface area contributed by atoms with E-state index in [1.54, 1.807) is 0 Å². The van der Waals surface area contributed by atoms with Crippen LogP contribution >= 0.6 is 0 Å². The SMILES string of the molecule is C1=Cc2ccccc2[CH-]C1. The monoisotopic (exact) mass is 129 g/mol. The lowest BCUT2D eigenvalue weighted by molar-refractivity contribution is 1.22. The number of rotatable bonds is 0. The highest BCUT2D eigenvalue weighted by atomic mass is 14.1. The zero-order valence-corrected chi connectivity index (χ0v) is 5.75. The van der Waals surface area contributed by atoms with Gasteiger partial charge in [-0.3, -0.25) is 0 Å². The molecule has 0 saturated carbocycles. The van der Waals surface area contributed by atoms with Gasteiger partial charge in [-0.1, -0.05) is 12.5 Å².